The van der Waals surface area contributed by atoms with Crippen LogP contribution in [0, 0.1) is 73.9 Å². The third-order valence-electron chi connectivity index (χ3n) is 6.14. The Labute approximate surface area is 125 Å². The molecule has 1 N–H and O–H groups in total. The van der Waals surface area contributed by atoms with E-state index in [0.29, 0.717) is 5.41 Å². The van der Waals surface area contributed by atoms with Gasteiger partial charge >= 0.3 is 0 Å². The van der Waals surface area contributed by atoms with Crippen LogP contribution in [0.15, 0.2) is 5.57 Å². The topological polar surface area (TPSA) is 95.2 Å². The number of nitrogens with zero attached hydrogens (tertiary/aromatic N) is 3. The number of hydrogen-bond donors (Lipinski definition) is 1. The van der Waals surface area contributed by atoms with Crippen LogP contribution in [0.2, 0.25) is 0 Å². The quantitative estimate of drug-likeness (QED) is 0.487. The first-order chi connectivity index (χ1) is 10.0. The summed E-state index contributed by atoms with van der Waals surface area (Å²) in [5, 5.41) is 35.4. The van der Waals surface area contributed by atoms with E-state index in [4.69, 9.17) is 10.7 Å². The Hall–Kier alpha value is -2.21. The summed E-state index contributed by atoms with van der Waals surface area (Å²) in [5.74, 6) is 2.54. The highest BCUT2D eigenvalue weighted by atomic mass is 14.8. The fourth-order valence-electron chi connectivity index (χ4n) is 4.51. The van der Waals surface area contributed by atoms with Gasteiger partial charge in [0.05, 0.1) is 18.6 Å². The molecule has 0 aromatic heterocycles. The maximum Gasteiger partial charge on any atom is 0.229 e. The van der Waals surface area contributed by atoms with Gasteiger partial charge in [-0.1, -0.05) is 6.92 Å². The molecule has 3 aliphatic carbocycles. The van der Waals surface area contributed by atoms with Gasteiger partial charge in [0.15, 0.2) is 0 Å². The first-order valence-electron chi connectivity index (χ1n) is 7.41. The highest BCUT2D eigenvalue weighted by Gasteiger charge is 2.79. The fourth-order valence-corrected chi connectivity index (χ4v) is 4.51. The Morgan fingerprint density at radius 3 is 2.38 bits per heavy atom. The second kappa shape index (κ2) is 4.14. The van der Waals surface area contributed by atoms with Crippen molar-refractivity contribution >= 4 is 5.87 Å². The van der Waals surface area contributed by atoms with Gasteiger partial charge in [-0.25, -0.2) is 0 Å². The second-order valence-corrected chi connectivity index (χ2v) is 6.98. The number of hydrogen-bond acceptors (Lipinski definition) is 4. The van der Waals surface area contributed by atoms with Crippen LogP contribution < -0.4 is 0 Å². The van der Waals surface area contributed by atoms with E-state index in [1.807, 2.05) is 24.1 Å². The van der Waals surface area contributed by atoms with E-state index >= 15 is 0 Å². The van der Waals surface area contributed by atoms with Gasteiger partial charge in [-0.15, -0.1) is 0 Å². The maximum absolute atomic E-state index is 9.52. The van der Waals surface area contributed by atoms with E-state index in [2.05, 4.69) is 13.3 Å². The minimum absolute atomic E-state index is 0.153. The molecule has 3 aliphatic rings. The molecule has 3 unspecified atom stereocenters. The van der Waals surface area contributed by atoms with Crippen molar-refractivity contribution in [1.29, 1.82) is 21.2 Å². The molecule has 0 amide bonds. The molecule has 4 nitrogen and oxygen atoms in total. The van der Waals surface area contributed by atoms with Crippen LogP contribution in [0.1, 0.15) is 39.0 Å². The van der Waals surface area contributed by atoms with Gasteiger partial charge in [-0.3, -0.25) is 5.41 Å². The molecule has 0 radical (unpaired) electrons. The lowest BCUT2D eigenvalue weighted by atomic mass is 9.71. The van der Waals surface area contributed by atoms with E-state index in [0.717, 1.165) is 25.2 Å². The zero-order valence-electron chi connectivity index (χ0n) is 12.1. The minimum Gasteiger partial charge on any atom is -0.258 e. The van der Waals surface area contributed by atoms with Crippen LogP contribution in [-0.4, -0.2) is 5.87 Å². The van der Waals surface area contributed by atoms with Gasteiger partial charge in [0.2, 0.25) is 5.41 Å². The van der Waals surface area contributed by atoms with E-state index in [1.54, 1.807) is 0 Å². The highest BCUT2D eigenvalue weighted by Crippen LogP contribution is 2.79. The van der Waals surface area contributed by atoms with Crippen molar-refractivity contribution in [2.45, 2.75) is 39.0 Å². The van der Waals surface area contributed by atoms with Gasteiger partial charge in [-0.2, -0.15) is 15.8 Å². The van der Waals surface area contributed by atoms with Crippen molar-refractivity contribution in [2.24, 2.45) is 28.1 Å². The van der Waals surface area contributed by atoms with Gasteiger partial charge < -0.3 is 0 Å². The van der Waals surface area contributed by atoms with Gasteiger partial charge in [-0.05, 0) is 37.5 Å². The lowest BCUT2D eigenvalue weighted by Crippen LogP contribution is -2.29. The molecule has 0 aromatic carbocycles. The first-order valence-corrected chi connectivity index (χ1v) is 7.41. The van der Waals surface area contributed by atoms with Crippen molar-refractivity contribution < 1.29 is 0 Å². The zero-order valence-corrected chi connectivity index (χ0v) is 12.1. The van der Waals surface area contributed by atoms with Crippen LogP contribution in [-0.2, 0) is 0 Å². The number of nitrogens with one attached hydrogen (secondary N) is 1. The van der Waals surface area contributed by atoms with Gasteiger partial charge in [0.1, 0.15) is 23.0 Å². The van der Waals surface area contributed by atoms with E-state index < -0.39 is 5.41 Å². The molecule has 3 saturated carbocycles. The van der Waals surface area contributed by atoms with Gasteiger partial charge in [0.25, 0.3) is 0 Å². The third-order valence-corrected chi connectivity index (χ3v) is 6.14. The van der Waals surface area contributed by atoms with Crippen LogP contribution in [0.4, 0.5) is 0 Å². The maximum atomic E-state index is 9.52. The van der Waals surface area contributed by atoms with Crippen LogP contribution >= 0.6 is 0 Å². The summed E-state index contributed by atoms with van der Waals surface area (Å²) in [4.78, 5) is 0. The fraction of sp³-hybridized carbons (Fsp3) is 0.647. The molecule has 3 rings (SSSR count). The van der Waals surface area contributed by atoms with E-state index in [1.165, 1.54) is 12.8 Å². The first kappa shape index (κ1) is 13.8. The predicted molar refractivity (Wildman–Crippen MR) is 75.4 cm³/mol. The van der Waals surface area contributed by atoms with E-state index in [9.17, 15) is 10.5 Å². The molecule has 0 aromatic rings. The molecule has 21 heavy (non-hydrogen) atoms. The zero-order chi connectivity index (χ0) is 15.3. The predicted octanol–water partition coefficient (Wildman–Crippen LogP) is 3.14. The van der Waals surface area contributed by atoms with Crippen molar-refractivity contribution in [1.82, 2.24) is 0 Å². The van der Waals surface area contributed by atoms with Crippen molar-refractivity contribution in [2.75, 3.05) is 0 Å². The SMILES string of the molecule is CC1(C2CC2)CC12[CH+]C(C(C#N)(C#N)C(=C=N)C#N)CC2. The van der Waals surface area contributed by atoms with Crippen LogP contribution in [0.5, 0.6) is 0 Å². The summed E-state index contributed by atoms with van der Waals surface area (Å²) in [6, 6.07) is 5.85. The molecule has 1 spiro atoms. The number of nitriles is 3. The molecule has 4 heteroatoms. The normalized spacial score (nSPS) is 36.8. The molecule has 3 atom stereocenters. The Balaban J connectivity index is 1.89. The standard InChI is InChI=1S/C17H17N4/c1-15(12-2-3-12)9-16(15)5-4-13(6-16)17(10-20,11-21)14(7-18)8-19/h6,12-13,18H,2-5,9H2,1H3/q+1. The highest BCUT2D eigenvalue weighted by molar-refractivity contribution is 5.67. The average Bonchev–Trinajstić information content (AvgIpc) is 3.37. The largest absolute Gasteiger partial charge is 0.258 e. The molecular formula is C17H17N4+. The van der Waals surface area contributed by atoms with Crippen molar-refractivity contribution in [3.8, 4) is 18.2 Å². The van der Waals surface area contributed by atoms with Gasteiger partial charge in [0, 0.05) is 11.8 Å². The molecule has 0 saturated heterocycles. The summed E-state index contributed by atoms with van der Waals surface area (Å²) < 4.78 is 0. The molecule has 0 heterocycles. The van der Waals surface area contributed by atoms with Crippen LogP contribution in [0.25, 0.3) is 0 Å². The minimum atomic E-state index is -1.53. The number of allylic oxidation sites excluding steroid dienone is 1. The number of rotatable bonds is 3. The summed E-state index contributed by atoms with van der Waals surface area (Å²) in [6.45, 7) is 2.32. The second-order valence-electron chi connectivity index (χ2n) is 6.98. The summed E-state index contributed by atoms with van der Waals surface area (Å²) in [7, 11) is 0. The Kier molecular flexibility index (Phi) is 2.71. The summed E-state index contributed by atoms with van der Waals surface area (Å²) >= 11 is 0. The average molecular weight is 277 g/mol. The molecule has 3 fully saturated rings. The summed E-state index contributed by atoms with van der Waals surface area (Å²) in [6.07, 6.45) is 7.64. The summed E-state index contributed by atoms with van der Waals surface area (Å²) in [5.41, 5.74) is -1.20. The molecular weight excluding hydrogens is 260 g/mol. The van der Waals surface area contributed by atoms with Crippen LogP contribution in [0.3, 0.4) is 0 Å². The van der Waals surface area contributed by atoms with Crippen molar-refractivity contribution in [3.05, 3.63) is 12.0 Å². The Morgan fingerprint density at radius 2 is 1.90 bits per heavy atom. The Morgan fingerprint density at radius 1 is 1.24 bits per heavy atom. The molecule has 0 aliphatic heterocycles. The third kappa shape index (κ3) is 1.59. The van der Waals surface area contributed by atoms with E-state index in [-0.39, 0.29) is 16.9 Å². The lowest BCUT2D eigenvalue weighted by molar-refractivity contribution is 0.361. The van der Waals surface area contributed by atoms with Crippen molar-refractivity contribution in [3.63, 3.8) is 0 Å². The molecule has 104 valence electrons. The smallest absolute Gasteiger partial charge is 0.229 e. The lowest BCUT2D eigenvalue weighted by Gasteiger charge is -2.18. The molecule has 0 bridgehead atoms. The monoisotopic (exact) mass is 277 g/mol. The Bertz CT molecular complexity index is 648.